The normalized spacial score (nSPS) is 10.3. The van der Waals surface area contributed by atoms with Crippen LogP contribution in [0.3, 0.4) is 0 Å². The van der Waals surface area contributed by atoms with Gasteiger partial charge in [0.05, 0.1) is 11.9 Å². The lowest BCUT2D eigenvalue weighted by atomic mass is 10.1. The van der Waals surface area contributed by atoms with Gasteiger partial charge in [-0.05, 0) is 25.5 Å². The van der Waals surface area contributed by atoms with Crippen molar-refractivity contribution in [1.82, 2.24) is 4.98 Å². The van der Waals surface area contributed by atoms with Crippen molar-refractivity contribution in [3.8, 4) is 5.88 Å². The number of aromatic nitrogens is 1. The third-order valence-corrected chi connectivity index (χ3v) is 2.76. The Kier molecular flexibility index (Phi) is 13.6. The molecule has 24 heavy (non-hydrogen) atoms. The summed E-state index contributed by atoms with van der Waals surface area (Å²) >= 11 is 0. The van der Waals surface area contributed by atoms with Crippen molar-refractivity contribution in [3.05, 3.63) is 18.3 Å². The lowest BCUT2D eigenvalue weighted by Gasteiger charge is -2.09. The number of hydrogen-bond acceptors (Lipinski definition) is 4. The van der Waals surface area contributed by atoms with Gasteiger partial charge in [0.15, 0.2) is 6.61 Å². The number of carbonyl (C=O) groups excluding carboxylic acids is 1. The molecule has 3 N–H and O–H groups in total. The molecule has 0 bridgehead atoms. The van der Waals surface area contributed by atoms with E-state index in [1.165, 1.54) is 18.3 Å². The third kappa shape index (κ3) is 12.2. The van der Waals surface area contributed by atoms with Crippen LogP contribution in [0.25, 0.3) is 0 Å². The van der Waals surface area contributed by atoms with Gasteiger partial charge in [-0.3, -0.25) is 4.79 Å². The molecule has 0 unspecified atom stereocenters. The van der Waals surface area contributed by atoms with Gasteiger partial charge < -0.3 is 15.8 Å². The molecule has 140 valence electrons. The second-order valence-electron chi connectivity index (χ2n) is 4.79. The molecule has 0 spiro atoms. The first-order valence-corrected chi connectivity index (χ1v) is 7.06. The van der Waals surface area contributed by atoms with Gasteiger partial charge in [0.2, 0.25) is 11.8 Å². The Hall–Kier alpha value is -1.25. The number of amides is 1. The molecule has 0 aliphatic carbocycles. The van der Waals surface area contributed by atoms with Gasteiger partial charge in [-0.25, -0.2) is 4.98 Å². The van der Waals surface area contributed by atoms with Gasteiger partial charge in [0.25, 0.3) is 0 Å². The smallest absolute Gasteiger partial charge is 0.422 e. The summed E-state index contributed by atoms with van der Waals surface area (Å²) in [7, 11) is 0. The highest BCUT2D eigenvalue weighted by Crippen LogP contribution is 2.18. The molecule has 0 radical (unpaired) electrons. The Morgan fingerprint density at radius 3 is 2.38 bits per heavy atom. The maximum Gasteiger partial charge on any atom is 0.422 e. The van der Waals surface area contributed by atoms with Gasteiger partial charge in [-0.15, -0.1) is 24.8 Å². The highest BCUT2D eigenvalue weighted by Gasteiger charge is 2.28. The minimum Gasteiger partial charge on any atom is -0.468 e. The first kappa shape index (κ1) is 25.0. The first-order valence-electron chi connectivity index (χ1n) is 7.06. The van der Waals surface area contributed by atoms with Gasteiger partial charge in [-0.1, -0.05) is 12.8 Å². The number of nitrogens with two attached hydrogens (primary N) is 1. The summed E-state index contributed by atoms with van der Waals surface area (Å²) < 4.78 is 40.4. The molecule has 0 aromatic carbocycles. The summed E-state index contributed by atoms with van der Waals surface area (Å²) in [5, 5.41) is 2.63. The quantitative estimate of drug-likeness (QED) is 0.628. The summed E-state index contributed by atoms with van der Waals surface area (Å²) in [5.41, 5.74) is 5.79. The molecule has 0 fully saturated rings. The molecular weight excluding hydrogens is 370 g/mol. The number of hydrogen-bond donors (Lipinski definition) is 2. The number of unbranched alkanes of at least 4 members (excludes halogenated alkanes) is 3. The van der Waals surface area contributed by atoms with Gasteiger partial charge in [-0.2, -0.15) is 13.2 Å². The van der Waals surface area contributed by atoms with Crippen LogP contribution in [0.4, 0.5) is 18.9 Å². The molecule has 1 rings (SSSR count). The van der Waals surface area contributed by atoms with E-state index < -0.39 is 12.8 Å². The molecule has 0 saturated heterocycles. The van der Waals surface area contributed by atoms with Crippen LogP contribution in [-0.4, -0.2) is 30.2 Å². The number of nitrogens with one attached hydrogen (secondary N) is 1. The van der Waals surface area contributed by atoms with Crippen molar-refractivity contribution in [2.75, 3.05) is 18.5 Å². The van der Waals surface area contributed by atoms with Crippen LogP contribution >= 0.6 is 24.8 Å². The summed E-state index contributed by atoms with van der Waals surface area (Å²) in [6.45, 7) is -0.741. The number of rotatable bonds is 9. The number of pyridine rings is 1. The molecule has 1 amide bonds. The van der Waals surface area contributed by atoms with Crippen LogP contribution in [0.5, 0.6) is 5.88 Å². The fourth-order valence-electron chi connectivity index (χ4n) is 1.70. The van der Waals surface area contributed by atoms with E-state index >= 15 is 0 Å². The van der Waals surface area contributed by atoms with E-state index in [1.807, 2.05) is 0 Å². The van der Waals surface area contributed by atoms with Crippen molar-refractivity contribution in [3.63, 3.8) is 0 Å². The van der Waals surface area contributed by atoms with E-state index in [0.29, 0.717) is 18.7 Å². The van der Waals surface area contributed by atoms with Crippen molar-refractivity contribution < 1.29 is 22.7 Å². The van der Waals surface area contributed by atoms with Crippen LogP contribution in [0.15, 0.2) is 18.3 Å². The fraction of sp³-hybridized carbons (Fsp3) is 0.571. The maximum absolute atomic E-state index is 12.0. The Morgan fingerprint density at radius 1 is 1.17 bits per heavy atom. The third-order valence-electron chi connectivity index (χ3n) is 2.76. The zero-order chi connectivity index (χ0) is 16.4. The van der Waals surface area contributed by atoms with E-state index in [4.69, 9.17) is 5.73 Å². The van der Waals surface area contributed by atoms with E-state index in [-0.39, 0.29) is 36.6 Å². The molecule has 0 aliphatic rings. The minimum absolute atomic E-state index is 0. The van der Waals surface area contributed by atoms with Crippen molar-refractivity contribution in [2.45, 2.75) is 38.3 Å². The second kappa shape index (κ2) is 13.1. The zero-order valence-corrected chi connectivity index (χ0v) is 14.6. The highest BCUT2D eigenvalue weighted by molar-refractivity contribution is 5.90. The molecule has 0 aliphatic heterocycles. The predicted molar refractivity (Wildman–Crippen MR) is 91.1 cm³/mol. The zero-order valence-electron chi connectivity index (χ0n) is 13.0. The number of ether oxygens (including phenoxy) is 1. The van der Waals surface area contributed by atoms with E-state index in [9.17, 15) is 18.0 Å². The topological polar surface area (TPSA) is 77.2 Å². The molecule has 0 saturated carbocycles. The Bertz CT molecular complexity index is 460. The SMILES string of the molecule is Cl.Cl.NCCCCCCC(=O)Nc1ccc(OCC(F)(F)F)nc1. The van der Waals surface area contributed by atoms with Crippen LogP contribution in [0.1, 0.15) is 32.1 Å². The number of nitrogens with zero attached hydrogens (tertiary/aromatic N) is 1. The standard InChI is InChI=1S/C14H20F3N3O2.2ClH/c15-14(16,17)10-22-13-7-6-11(9-19-13)20-12(21)5-3-1-2-4-8-18;;/h6-7,9H,1-5,8,10,18H2,(H,20,21);2*1H. The summed E-state index contributed by atoms with van der Waals surface area (Å²) in [6, 6.07) is 2.73. The van der Waals surface area contributed by atoms with Crippen LogP contribution in [0, 0.1) is 0 Å². The average molecular weight is 392 g/mol. The summed E-state index contributed by atoms with van der Waals surface area (Å²) in [4.78, 5) is 15.3. The molecule has 5 nitrogen and oxygen atoms in total. The monoisotopic (exact) mass is 391 g/mol. The molecule has 0 atom stereocenters. The van der Waals surface area contributed by atoms with Crippen molar-refractivity contribution >= 4 is 36.4 Å². The van der Waals surface area contributed by atoms with E-state index in [0.717, 1.165) is 25.7 Å². The first-order chi connectivity index (χ1) is 10.4. The summed E-state index contributed by atoms with van der Waals surface area (Å²) in [5.74, 6) is -0.296. The number of carbonyl (C=O) groups is 1. The van der Waals surface area contributed by atoms with Gasteiger partial charge in [0.1, 0.15) is 0 Å². The fourth-order valence-corrected chi connectivity index (χ4v) is 1.70. The average Bonchev–Trinajstić information content (AvgIpc) is 2.45. The van der Waals surface area contributed by atoms with E-state index in [1.54, 1.807) is 0 Å². The molecular formula is C14H22Cl2F3N3O2. The minimum atomic E-state index is -4.40. The van der Waals surface area contributed by atoms with Crippen molar-refractivity contribution in [2.24, 2.45) is 5.73 Å². The number of anilines is 1. The largest absolute Gasteiger partial charge is 0.468 e. The second-order valence-corrected chi connectivity index (χ2v) is 4.79. The number of halogens is 5. The molecule has 1 aromatic rings. The Morgan fingerprint density at radius 2 is 1.83 bits per heavy atom. The number of alkyl halides is 3. The Labute approximate surface area is 151 Å². The Balaban J connectivity index is 0. The highest BCUT2D eigenvalue weighted by atomic mass is 35.5. The lowest BCUT2D eigenvalue weighted by molar-refractivity contribution is -0.154. The van der Waals surface area contributed by atoms with Crippen LogP contribution < -0.4 is 15.8 Å². The molecule has 10 heteroatoms. The van der Waals surface area contributed by atoms with Gasteiger partial charge in [0, 0.05) is 12.5 Å². The summed E-state index contributed by atoms with van der Waals surface area (Å²) in [6.07, 6.45) is 0.897. The van der Waals surface area contributed by atoms with Crippen molar-refractivity contribution in [1.29, 1.82) is 0 Å². The van der Waals surface area contributed by atoms with Gasteiger partial charge >= 0.3 is 6.18 Å². The maximum atomic E-state index is 12.0. The lowest BCUT2D eigenvalue weighted by Crippen LogP contribution is -2.19. The van der Waals surface area contributed by atoms with Crippen LogP contribution in [-0.2, 0) is 4.79 Å². The molecule has 1 heterocycles. The predicted octanol–water partition coefficient (Wildman–Crippen LogP) is 3.71. The van der Waals surface area contributed by atoms with Crippen LogP contribution in [0.2, 0.25) is 0 Å². The van der Waals surface area contributed by atoms with E-state index in [2.05, 4.69) is 15.0 Å². The molecule has 1 aromatic heterocycles.